The number of hydrogen-bond acceptors (Lipinski definition) is 4. The van der Waals surface area contributed by atoms with E-state index in [9.17, 15) is 0 Å². The van der Waals surface area contributed by atoms with Crippen molar-refractivity contribution in [2.45, 2.75) is 32.3 Å². The van der Waals surface area contributed by atoms with Crippen LogP contribution in [-0.2, 0) is 0 Å². The van der Waals surface area contributed by atoms with E-state index in [0.717, 1.165) is 11.3 Å². The van der Waals surface area contributed by atoms with Crippen molar-refractivity contribution in [1.82, 2.24) is 9.97 Å². The molecular weight excluding hydrogens is 286 g/mol. The van der Waals surface area contributed by atoms with Gasteiger partial charge in [-0.3, -0.25) is 0 Å². The Morgan fingerprint density at radius 2 is 1.90 bits per heavy atom. The van der Waals surface area contributed by atoms with Crippen LogP contribution < -0.4 is 10.1 Å². The van der Waals surface area contributed by atoms with E-state index in [4.69, 9.17) is 16.3 Å². The highest BCUT2D eigenvalue weighted by Crippen LogP contribution is 2.21. The van der Waals surface area contributed by atoms with Crippen LogP contribution in [0.15, 0.2) is 36.4 Å². The van der Waals surface area contributed by atoms with Gasteiger partial charge in [0.05, 0.1) is 11.5 Å². The molecule has 21 heavy (non-hydrogen) atoms. The maximum atomic E-state index is 6.37. The Morgan fingerprint density at radius 1 is 1.19 bits per heavy atom. The molecule has 112 valence electrons. The molecule has 0 saturated heterocycles. The van der Waals surface area contributed by atoms with Gasteiger partial charge in [0.2, 0.25) is 11.8 Å². The van der Waals surface area contributed by atoms with Gasteiger partial charge in [-0.1, -0.05) is 30.3 Å². The first-order valence-electron chi connectivity index (χ1n) is 7.00. The molecule has 0 bridgehead atoms. The van der Waals surface area contributed by atoms with Crippen LogP contribution in [0.4, 0.5) is 5.95 Å². The number of hydrogen-bond donors (Lipinski definition) is 1. The largest absolute Gasteiger partial charge is 0.475 e. The molecule has 0 spiro atoms. The molecule has 1 aromatic heterocycles. The summed E-state index contributed by atoms with van der Waals surface area (Å²) < 4.78 is 5.60. The first-order chi connectivity index (χ1) is 10.0. The Labute approximate surface area is 130 Å². The molecular formula is C16H20ClN3O. The van der Waals surface area contributed by atoms with Gasteiger partial charge in [0.15, 0.2) is 0 Å². The summed E-state index contributed by atoms with van der Waals surface area (Å²) in [6.45, 7) is 6.40. The number of ether oxygens (including phenoxy) is 1. The number of anilines is 1. The third-order valence-corrected chi connectivity index (χ3v) is 3.19. The number of rotatable bonds is 6. The number of halogens is 1. The van der Waals surface area contributed by atoms with Crippen LogP contribution in [0.3, 0.4) is 0 Å². The van der Waals surface area contributed by atoms with Gasteiger partial charge < -0.3 is 10.1 Å². The number of benzene rings is 1. The first-order valence-corrected chi connectivity index (χ1v) is 7.43. The van der Waals surface area contributed by atoms with E-state index in [1.807, 2.05) is 57.2 Å². The average molecular weight is 306 g/mol. The molecule has 4 nitrogen and oxygen atoms in total. The van der Waals surface area contributed by atoms with Gasteiger partial charge in [-0.25, -0.2) is 4.98 Å². The Kier molecular flexibility index (Phi) is 5.39. The standard InChI is InChI=1S/C16H20ClN3O/c1-11(2)21-15-9-12(3)19-16(20-15)18-10-14(17)13-7-5-4-6-8-13/h4-9,11,14H,10H2,1-3H3,(H,18,19,20). The topological polar surface area (TPSA) is 47.0 Å². The molecule has 1 unspecified atom stereocenters. The predicted molar refractivity (Wildman–Crippen MR) is 86.1 cm³/mol. The third-order valence-electron chi connectivity index (χ3n) is 2.79. The molecule has 0 aliphatic heterocycles. The number of nitrogens with one attached hydrogen (secondary N) is 1. The zero-order valence-electron chi connectivity index (χ0n) is 12.5. The normalized spacial score (nSPS) is 12.2. The smallest absolute Gasteiger partial charge is 0.226 e. The van der Waals surface area contributed by atoms with Crippen LogP contribution in [0.5, 0.6) is 5.88 Å². The van der Waals surface area contributed by atoms with Crippen LogP contribution in [0.25, 0.3) is 0 Å². The fourth-order valence-corrected chi connectivity index (χ4v) is 2.10. The van der Waals surface area contributed by atoms with Crippen molar-refractivity contribution in [3.63, 3.8) is 0 Å². The van der Waals surface area contributed by atoms with Crippen LogP contribution in [-0.4, -0.2) is 22.6 Å². The maximum Gasteiger partial charge on any atom is 0.226 e. The molecule has 5 heteroatoms. The summed E-state index contributed by atoms with van der Waals surface area (Å²) in [7, 11) is 0. The molecule has 1 heterocycles. The predicted octanol–water partition coefficient (Wildman–Crippen LogP) is 3.96. The minimum Gasteiger partial charge on any atom is -0.475 e. The highest BCUT2D eigenvalue weighted by molar-refractivity contribution is 6.21. The lowest BCUT2D eigenvalue weighted by Crippen LogP contribution is -2.13. The fraction of sp³-hybridized carbons (Fsp3) is 0.375. The van der Waals surface area contributed by atoms with Gasteiger partial charge >= 0.3 is 0 Å². The fourth-order valence-electron chi connectivity index (χ4n) is 1.88. The lowest BCUT2D eigenvalue weighted by atomic mass is 10.1. The average Bonchev–Trinajstić information content (AvgIpc) is 2.44. The van der Waals surface area contributed by atoms with Gasteiger partial charge in [-0.2, -0.15) is 4.98 Å². The number of aromatic nitrogens is 2. The molecule has 0 aliphatic rings. The van der Waals surface area contributed by atoms with Crippen LogP contribution >= 0.6 is 11.6 Å². The number of nitrogens with zero attached hydrogens (tertiary/aromatic N) is 2. The van der Waals surface area contributed by atoms with Crippen molar-refractivity contribution >= 4 is 17.5 Å². The Bertz CT molecular complexity index is 575. The summed E-state index contributed by atoms with van der Waals surface area (Å²) >= 11 is 6.37. The van der Waals surface area contributed by atoms with E-state index in [-0.39, 0.29) is 11.5 Å². The first kappa shape index (κ1) is 15.6. The summed E-state index contributed by atoms with van der Waals surface area (Å²) in [5.74, 6) is 1.11. The lowest BCUT2D eigenvalue weighted by molar-refractivity contribution is 0.232. The molecule has 0 radical (unpaired) electrons. The Morgan fingerprint density at radius 3 is 2.57 bits per heavy atom. The molecule has 2 rings (SSSR count). The van der Waals surface area contributed by atoms with Gasteiger partial charge in [0.1, 0.15) is 0 Å². The molecule has 0 saturated carbocycles. The molecule has 0 fully saturated rings. The second kappa shape index (κ2) is 7.27. The summed E-state index contributed by atoms with van der Waals surface area (Å²) in [4.78, 5) is 8.68. The van der Waals surface area contributed by atoms with Crippen molar-refractivity contribution in [3.05, 3.63) is 47.7 Å². The van der Waals surface area contributed by atoms with Gasteiger partial charge in [0, 0.05) is 18.3 Å². The summed E-state index contributed by atoms with van der Waals surface area (Å²) in [6, 6.07) is 11.7. The monoisotopic (exact) mass is 305 g/mol. The van der Waals surface area contributed by atoms with Crippen LogP contribution in [0.2, 0.25) is 0 Å². The second-order valence-corrected chi connectivity index (χ2v) is 5.62. The molecule has 0 aliphatic carbocycles. The molecule has 0 amide bonds. The van der Waals surface area contributed by atoms with Crippen molar-refractivity contribution < 1.29 is 4.74 Å². The van der Waals surface area contributed by atoms with Crippen molar-refractivity contribution in [2.75, 3.05) is 11.9 Å². The zero-order valence-corrected chi connectivity index (χ0v) is 13.3. The Hall–Kier alpha value is -1.81. The van der Waals surface area contributed by atoms with Crippen molar-refractivity contribution in [1.29, 1.82) is 0 Å². The second-order valence-electron chi connectivity index (χ2n) is 5.10. The number of alkyl halides is 1. The summed E-state index contributed by atoms with van der Waals surface area (Å²) in [6.07, 6.45) is 0.0808. The van der Waals surface area contributed by atoms with Gasteiger partial charge in [0.25, 0.3) is 0 Å². The molecule has 1 atom stereocenters. The highest BCUT2D eigenvalue weighted by Gasteiger charge is 2.09. The van der Waals surface area contributed by atoms with E-state index in [1.165, 1.54) is 0 Å². The zero-order chi connectivity index (χ0) is 15.2. The molecule has 1 N–H and O–H groups in total. The number of aryl methyl sites for hydroxylation is 1. The van der Waals surface area contributed by atoms with E-state index in [2.05, 4.69) is 15.3 Å². The van der Waals surface area contributed by atoms with E-state index < -0.39 is 0 Å². The van der Waals surface area contributed by atoms with Gasteiger partial charge in [-0.05, 0) is 26.3 Å². The van der Waals surface area contributed by atoms with Crippen molar-refractivity contribution in [2.24, 2.45) is 0 Å². The molecule has 1 aromatic carbocycles. The summed E-state index contributed by atoms with van der Waals surface area (Å²) in [5.41, 5.74) is 1.92. The molecule has 2 aromatic rings. The quantitative estimate of drug-likeness (QED) is 0.821. The minimum atomic E-state index is -0.134. The van der Waals surface area contributed by atoms with Crippen LogP contribution in [0, 0.1) is 6.92 Å². The maximum absolute atomic E-state index is 6.37. The van der Waals surface area contributed by atoms with E-state index in [0.29, 0.717) is 18.4 Å². The van der Waals surface area contributed by atoms with E-state index >= 15 is 0 Å². The highest BCUT2D eigenvalue weighted by atomic mass is 35.5. The van der Waals surface area contributed by atoms with E-state index in [1.54, 1.807) is 0 Å². The Balaban J connectivity index is 2.01. The van der Waals surface area contributed by atoms with Crippen molar-refractivity contribution in [3.8, 4) is 5.88 Å². The summed E-state index contributed by atoms with van der Waals surface area (Å²) in [5, 5.41) is 3.03. The van der Waals surface area contributed by atoms with Crippen LogP contribution in [0.1, 0.15) is 30.5 Å². The lowest BCUT2D eigenvalue weighted by Gasteiger charge is -2.13. The van der Waals surface area contributed by atoms with Gasteiger partial charge in [-0.15, -0.1) is 11.6 Å². The SMILES string of the molecule is Cc1cc(OC(C)C)nc(NCC(Cl)c2ccccc2)n1. The third kappa shape index (κ3) is 4.90. The minimum absolute atomic E-state index is 0.0808.